The Morgan fingerprint density at radius 3 is 2.35 bits per heavy atom. The first-order chi connectivity index (χ1) is 16.7. The van der Waals surface area contributed by atoms with Crippen LogP contribution in [-0.4, -0.2) is 56.9 Å². The van der Waals surface area contributed by atoms with Crippen molar-refractivity contribution in [2.75, 3.05) is 46.1 Å². The van der Waals surface area contributed by atoms with E-state index < -0.39 is 0 Å². The van der Waals surface area contributed by atoms with E-state index in [1.54, 1.807) is 24.3 Å². The third-order valence-corrected chi connectivity index (χ3v) is 5.68. The Bertz CT molecular complexity index is 1040. The number of rotatable bonds is 10. The fourth-order valence-electron chi connectivity index (χ4n) is 3.92. The van der Waals surface area contributed by atoms with Crippen molar-refractivity contribution < 1.29 is 23.4 Å². The molecule has 0 spiro atoms. The summed E-state index contributed by atoms with van der Waals surface area (Å²) in [7, 11) is 0. The molecule has 1 fully saturated rings. The third kappa shape index (κ3) is 6.56. The van der Waals surface area contributed by atoms with Crippen molar-refractivity contribution >= 4 is 5.91 Å². The standard InChI is InChI=1S/C27H29FN2O4/c28-22-12-10-21(11-13-22)25(30-14-16-32-17-15-30)20-29-27(31)24-8-4-5-9-26(24)34-19-18-33-23-6-2-1-3-7-23/h1-13,25H,14-20H2,(H,29,31)/t25-/m0/s1. The molecule has 0 saturated carbocycles. The summed E-state index contributed by atoms with van der Waals surface area (Å²) in [6.45, 7) is 3.82. The van der Waals surface area contributed by atoms with Crippen LogP contribution in [-0.2, 0) is 4.74 Å². The number of hydrogen-bond acceptors (Lipinski definition) is 5. The van der Waals surface area contributed by atoms with Gasteiger partial charge in [-0.15, -0.1) is 0 Å². The average molecular weight is 465 g/mol. The molecule has 0 bridgehead atoms. The molecule has 0 aromatic heterocycles. The number of carbonyl (C=O) groups is 1. The summed E-state index contributed by atoms with van der Waals surface area (Å²) in [6, 6.07) is 23.0. The summed E-state index contributed by atoms with van der Waals surface area (Å²) in [5, 5.41) is 3.04. The van der Waals surface area contributed by atoms with Gasteiger partial charge in [0.1, 0.15) is 30.5 Å². The number of hydrogen-bond donors (Lipinski definition) is 1. The molecule has 1 N–H and O–H groups in total. The molecule has 1 aliphatic rings. The number of amides is 1. The van der Waals surface area contributed by atoms with E-state index >= 15 is 0 Å². The first-order valence-corrected chi connectivity index (χ1v) is 11.5. The average Bonchev–Trinajstić information content (AvgIpc) is 2.89. The third-order valence-electron chi connectivity index (χ3n) is 5.68. The first-order valence-electron chi connectivity index (χ1n) is 11.5. The molecular formula is C27H29FN2O4. The van der Waals surface area contributed by atoms with E-state index in [4.69, 9.17) is 14.2 Å². The van der Waals surface area contributed by atoms with Crippen molar-refractivity contribution in [1.82, 2.24) is 10.2 Å². The number of morpholine rings is 1. The SMILES string of the molecule is O=C(NC[C@@H](c1ccc(F)cc1)N1CCOCC1)c1ccccc1OCCOc1ccccc1. The highest BCUT2D eigenvalue weighted by atomic mass is 19.1. The molecule has 0 unspecified atom stereocenters. The number of halogens is 1. The molecule has 178 valence electrons. The topological polar surface area (TPSA) is 60.0 Å². The molecule has 1 saturated heterocycles. The van der Waals surface area contributed by atoms with Crippen molar-refractivity contribution in [3.05, 3.63) is 95.8 Å². The fraction of sp³-hybridized carbons (Fsp3) is 0.296. The van der Waals surface area contributed by atoms with Gasteiger partial charge in [0.05, 0.1) is 24.8 Å². The highest BCUT2D eigenvalue weighted by Crippen LogP contribution is 2.23. The van der Waals surface area contributed by atoms with Gasteiger partial charge in [-0.1, -0.05) is 42.5 Å². The van der Waals surface area contributed by atoms with Crippen LogP contribution in [0.1, 0.15) is 22.0 Å². The number of benzene rings is 3. The lowest BCUT2D eigenvalue weighted by Gasteiger charge is -2.35. The summed E-state index contributed by atoms with van der Waals surface area (Å²) < 4.78 is 30.5. The maximum Gasteiger partial charge on any atom is 0.255 e. The molecule has 1 atom stereocenters. The molecule has 7 heteroatoms. The monoisotopic (exact) mass is 464 g/mol. The van der Waals surface area contributed by atoms with Gasteiger partial charge in [-0.2, -0.15) is 0 Å². The van der Waals surface area contributed by atoms with E-state index in [1.165, 1.54) is 12.1 Å². The van der Waals surface area contributed by atoms with Crippen molar-refractivity contribution in [2.24, 2.45) is 0 Å². The molecule has 0 aliphatic carbocycles. The van der Waals surface area contributed by atoms with Gasteiger partial charge in [-0.3, -0.25) is 9.69 Å². The summed E-state index contributed by atoms with van der Waals surface area (Å²) >= 11 is 0. The molecule has 1 amide bonds. The molecule has 1 aliphatic heterocycles. The molecule has 34 heavy (non-hydrogen) atoms. The summed E-state index contributed by atoms with van der Waals surface area (Å²) in [4.78, 5) is 15.3. The number of para-hydroxylation sites is 2. The lowest BCUT2D eigenvalue weighted by Crippen LogP contribution is -2.43. The van der Waals surface area contributed by atoms with Gasteiger partial charge in [0.2, 0.25) is 0 Å². The van der Waals surface area contributed by atoms with E-state index in [9.17, 15) is 9.18 Å². The van der Waals surface area contributed by atoms with E-state index in [0.29, 0.717) is 44.3 Å². The molecule has 3 aromatic carbocycles. The van der Waals surface area contributed by atoms with Crippen LogP contribution in [0.5, 0.6) is 11.5 Å². The van der Waals surface area contributed by atoms with Gasteiger partial charge in [-0.05, 0) is 42.0 Å². The zero-order chi connectivity index (χ0) is 23.6. The maximum atomic E-state index is 13.5. The van der Waals surface area contributed by atoms with Gasteiger partial charge >= 0.3 is 0 Å². The number of nitrogens with zero attached hydrogens (tertiary/aromatic N) is 1. The zero-order valence-corrected chi connectivity index (χ0v) is 19.0. The minimum Gasteiger partial charge on any atom is -0.490 e. The van der Waals surface area contributed by atoms with Crippen molar-refractivity contribution in [3.63, 3.8) is 0 Å². The van der Waals surface area contributed by atoms with Crippen LogP contribution in [0.4, 0.5) is 4.39 Å². The molecule has 4 rings (SSSR count). The smallest absolute Gasteiger partial charge is 0.255 e. The number of nitrogens with one attached hydrogen (secondary N) is 1. The molecule has 1 heterocycles. The molecule has 0 radical (unpaired) electrons. The van der Waals surface area contributed by atoms with E-state index in [1.807, 2.05) is 42.5 Å². The Labute approximate surface area is 199 Å². The van der Waals surface area contributed by atoms with Gasteiger partial charge in [0.15, 0.2) is 0 Å². The molecular weight excluding hydrogens is 435 g/mol. The van der Waals surface area contributed by atoms with Gasteiger partial charge in [0, 0.05) is 19.6 Å². The van der Waals surface area contributed by atoms with E-state index in [0.717, 1.165) is 24.4 Å². The Balaban J connectivity index is 1.37. The van der Waals surface area contributed by atoms with Crippen LogP contribution in [0.3, 0.4) is 0 Å². The normalized spacial score (nSPS) is 14.9. The minimum atomic E-state index is -0.282. The van der Waals surface area contributed by atoms with Crippen LogP contribution >= 0.6 is 0 Å². The Morgan fingerprint density at radius 1 is 0.912 bits per heavy atom. The zero-order valence-electron chi connectivity index (χ0n) is 19.0. The number of carbonyl (C=O) groups excluding carboxylic acids is 1. The second-order valence-corrected chi connectivity index (χ2v) is 7.93. The van der Waals surface area contributed by atoms with E-state index in [2.05, 4.69) is 10.2 Å². The molecule has 3 aromatic rings. The molecule has 6 nitrogen and oxygen atoms in total. The Kier molecular flexibility index (Phi) is 8.48. The lowest BCUT2D eigenvalue weighted by molar-refractivity contribution is 0.0162. The van der Waals surface area contributed by atoms with Gasteiger partial charge in [-0.25, -0.2) is 4.39 Å². The second-order valence-electron chi connectivity index (χ2n) is 7.93. The minimum absolute atomic E-state index is 0.0826. The van der Waals surface area contributed by atoms with Crippen molar-refractivity contribution in [1.29, 1.82) is 0 Å². The number of ether oxygens (including phenoxy) is 3. The van der Waals surface area contributed by atoms with Crippen molar-refractivity contribution in [2.45, 2.75) is 6.04 Å². The second kappa shape index (κ2) is 12.2. The fourth-order valence-corrected chi connectivity index (χ4v) is 3.92. The van der Waals surface area contributed by atoms with Crippen LogP contribution in [0.15, 0.2) is 78.9 Å². The van der Waals surface area contributed by atoms with Crippen LogP contribution in [0, 0.1) is 5.82 Å². The van der Waals surface area contributed by atoms with Gasteiger partial charge < -0.3 is 19.5 Å². The summed E-state index contributed by atoms with van der Waals surface area (Å²) in [6.07, 6.45) is 0. The summed E-state index contributed by atoms with van der Waals surface area (Å²) in [5.41, 5.74) is 1.41. The Morgan fingerprint density at radius 2 is 1.59 bits per heavy atom. The largest absolute Gasteiger partial charge is 0.490 e. The highest BCUT2D eigenvalue weighted by molar-refractivity contribution is 5.96. The van der Waals surface area contributed by atoms with E-state index in [-0.39, 0.29) is 17.8 Å². The quantitative estimate of drug-likeness (QED) is 0.458. The van der Waals surface area contributed by atoms with Crippen LogP contribution in [0.25, 0.3) is 0 Å². The lowest BCUT2D eigenvalue weighted by atomic mass is 10.0. The summed E-state index contributed by atoms with van der Waals surface area (Å²) in [5.74, 6) is 0.768. The van der Waals surface area contributed by atoms with Crippen LogP contribution in [0.2, 0.25) is 0 Å². The maximum absolute atomic E-state index is 13.5. The Hall–Kier alpha value is -3.42. The predicted octanol–water partition coefficient (Wildman–Crippen LogP) is 4.09. The highest BCUT2D eigenvalue weighted by Gasteiger charge is 2.24. The van der Waals surface area contributed by atoms with Crippen molar-refractivity contribution in [3.8, 4) is 11.5 Å². The van der Waals surface area contributed by atoms with Crippen LogP contribution < -0.4 is 14.8 Å². The predicted molar refractivity (Wildman–Crippen MR) is 128 cm³/mol. The first kappa shape index (κ1) is 23.7. The van der Waals surface area contributed by atoms with Gasteiger partial charge in [0.25, 0.3) is 5.91 Å².